The van der Waals surface area contributed by atoms with Gasteiger partial charge in [0.05, 0.1) is 16.7 Å². The molecule has 0 aliphatic carbocycles. The molecular formula is C17H26NO7PS. The highest BCUT2D eigenvalue weighted by Gasteiger charge is 2.53. The molecule has 0 aliphatic heterocycles. The molecule has 8 nitrogen and oxygen atoms in total. The maximum Gasteiger partial charge on any atom is 0.308 e. The molecule has 0 heterocycles. The summed E-state index contributed by atoms with van der Waals surface area (Å²) in [5.41, 5.74) is 5.23. The van der Waals surface area contributed by atoms with Crippen LogP contribution in [0.4, 0.5) is 0 Å². The van der Waals surface area contributed by atoms with Crippen molar-refractivity contribution in [3.8, 4) is 0 Å². The van der Waals surface area contributed by atoms with E-state index in [0.29, 0.717) is 5.56 Å². The lowest BCUT2D eigenvalue weighted by Crippen LogP contribution is -2.52. The zero-order valence-electron chi connectivity index (χ0n) is 15.6. The van der Waals surface area contributed by atoms with E-state index in [-0.39, 0.29) is 4.90 Å². The Hall–Kier alpha value is -1.54. The van der Waals surface area contributed by atoms with E-state index in [1.807, 2.05) is 0 Å². The molecule has 27 heavy (non-hydrogen) atoms. The van der Waals surface area contributed by atoms with E-state index in [1.54, 1.807) is 20.8 Å². The number of rotatable bonds is 8. The summed E-state index contributed by atoms with van der Waals surface area (Å²) >= 11 is 0. The van der Waals surface area contributed by atoms with E-state index < -0.39 is 50.5 Å². The van der Waals surface area contributed by atoms with Gasteiger partial charge in [-0.3, -0.25) is 14.1 Å². The Morgan fingerprint density at radius 1 is 1.07 bits per heavy atom. The molecule has 5 atom stereocenters. The van der Waals surface area contributed by atoms with Crippen molar-refractivity contribution in [2.75, 3.05) is 0 Å². The minimum absolute atomic E-state index is 0.293. The Morgan fingerprint density at radius 3 is 1.81 bits per heavy atom. The molecule has 5 unspecified atom stereocenters. The Bertz CT molecular complexity index is 816. The molecule has 0 radical (unpaired) electrons. The van der Waals surface area contributed by atoms with Gasteiger partial charge < -0.3 is 15.9 Å². The summed E-state index contributed by atoms with van der Waals surface area (Å²) in [7, 11) is -1.82. The van der Waals surface area contributed by atoms with Gasteiger partial charge >= 0.3 is 11.9 Å². The normalized spacial score (nSPS) is 18.2. The van der Waals surface area contributed by atoms with Gasteiger partial charge in [-0.15, -0.1) is 9.24 Å². The van der Waals surface area contributed by atoms with Crippen molar-refractivity contribution in [2.24, 2.45) is 23.0 Å². The van der Waals surface area contributed by atoms with Crippen LogP contribution in [-0.4, -0.2) is 41.2 Å². The molecule has 10 heteroatoms. The number of carboxylic acids is 2. The van der Waals surface area contributed by atoms with Gasteiger partial charge in [0.1, 0.15) is 0 Å². The summed E-state index contributed by atoms with van der Waals surface area (Å²) in [5.74, 6) is -5.23. The van der Waals surface area contributed by atoms with E-state index in [2.05, 4.69) is 9.24 Å². The minimum atomic E-state index is -4.36. The second kappa shape index (κ2) is 7.83. The number of carbonyl (C=O) groups is 2. The quantitative estimate of drug-likeness (QED) is 0.367. The highest BCUT2D eigenvalue weighted by Crippen LogP contribution is 2.53. The van der Waals surface area contributed by atoms with Gasteiger partial charge in [0, 0.05) is 11.2 Å². The molecule has 0 bridgehead atoms. The van der Waals surface area contributed by atoms with Crippen LogP contribution in [0.3, 0.4) is 0 Å². The van der Waals surface area contributed by atoms with Gasteiger partial charge in [-0.25, -0.2) is 0 Å². The highest BCUT2D eigenvalue weighted by molar-refractivity contribution is 7.85. The number of benzene rings is 1. The SMILES string of the molecule is CC(N)C(C(=O)O)C(C(=O)O)C(C)(C)C(C)(P)c1ccc(S(=O)(=O)O)cc1. The average Bonchev–Trinajstić information content (AvgIpc) is 2.50. The third-order valence-corrected chi connectivity index (χ3v) is 7.29. The molecular weight excluding hydrogens is 393 g/mol. The van der Waals surface area contributed by atoms with Crippen LogP contribution in [0.1, 0.15) is 33.3 Å². The van der Waals surface area contributed by atoms with Crippen LogP contribution in [0, 0.1) is 17.3 Å². The van der Waals surface area contributed by atoms with Gasteiger partial charge in [0.2, 0.25) is 0 Å². The summed E-state index contributed by atoms with van der Waals surface area (Å²) < 4.78 is 31.6. The molecule has 0 saturated heterocycles. The Morgan fingerprint density at radius 2 is 1.52 bits per heavy atom. The summed E-state index contributed by atoms with van der Waals surface area (Å²) in [6.07, 6.45) is 0. The van der Waals surface area contributed by atoms with Crippen LogP contribution in [-0.2, 0) is 24.9 Å². The maximum atomic E-state index is 12.0. The van der Waals surface area contributed by atoms with Crippen LogP contribution in [0.15, 0.2) is 29.2 Å². The van der Waals surface area contributed by atoms with E-state index in [4.69, 9.17) is 10.3 Å². The fourth-order valence-corrected chi connectivity index (χ4v) is 4.10. The second-order valence-corrected chi connectivity index (χ2v) is 10.0. The van der Waals surface area contributed by atoms with Gasteiger partial charge in [-0.1, -0.05) is 32.9 Å². The van der Waals surface area contributed by atoms with Crippen LogP contribution < -0.4 is 5.73 Å². The van der Waals surface area contributed by atoms with Gasteiger partial charge in [-0.05, 0) is 30.0 Å². The van der Waals surface area contributed by atoms with Crippen molar-refractivity contribution >= 4 is 31.3 Å². The van der Waals surface area contributed by atoms with Gasteiger partial charge in [-0.2, -0.15) is 8.42 Å². The number of carboxylic acid groups (broad SMARTS) is 2. The Balaban J connectivity index is 3.51. The van der Waals surface area contributed by atoms with Crippen LogP contribution in [0.5, 0.6) is 0 Å². The first-order valence-corrected chi connectivity index (χ1v) is 10.1. The summed E-state index contributed by atoms with van der Waals surface area (Å²) in [5, 5.41) is 18.4. The van der Waals surface area contributed by atoms with Crippen molar-refractivity contribution in [1.29, 1.82) is 0 Å². The minimum Gasteiger partial charge on any atom is -0.481 e. The predicted molar refractivity (Wildman–Crippen MR) is 103 cm³/mol. The lowest BCUT2D eigenvalue weighted by molar-refractivity contribution is -0.161. The summed E-state index contributed by atoms with van der Waals surface area (Å²) in [6, 6.07) is 4.43. The molecule has 1 rings (SSSR count). The lowest BCUT2D eigenvalue weighted by atomic mass is 9.61. The topological polar surface area (TPSA) is 155 Å². The molecule has 0 spiro atoms. The largest absolute Gasteiger partial charge is 0.481 e. The summed E-state index contributed by atoms with van der Waals surface area (Å²) in [4.78, 5) is 23.4. The Labute approximate surface area is 161 Å². The van der Waals surface area contributed by atoms with E-state index in [0.717, 1.165) is 0 Å². The monoisotopic (exact) mass is 419 g/mol. The zero-order chi connectivity index (χ0) is 21.4. The first kappa shape index (κ1) is 23.5. The standard InChI is InChI=1S/C17H26NO7PS/c1-9(18)12(14(19)20)13(15(21)22)16(2,3)17(4,26)10-5-7-11(8-6-10)27(23,24)25/h5-9,12-13H,18,26H2,1-4H3,(H,19,20)(H,21,22)(H,23,24,25). The van der Waals surface area contributed by atoms with Crippen molar-refractivity contribution < 1.29 is 32.8 Å². The first-order chi connectivity index (χ1) is 12.0. The fourth-order valence-electron chi connectivity index (χ4n) is 3.25. The highest BCUT2D eigenvalue weighted by atomic mass is 32.2. The number of nitrogens with two attached hydrogens (primary N) is 1. The predicted octanol–water partition coefficient (Wildman–Crippen LogP) is 1.80. The maximum absolute atomic E-state index is 12.0. The average molecular weight is 419 g/mol. The zero-order valence-corrected chi connectivity index (χ0v) is 17.6. The van der Waals surface area contributed by atoms with E-state index in [1.165, 1.54) is 31.2 Å². The second-order valence-electron chi connectivity index (χ2n) is 7.46. The van der Waals surface area contributed by atoms with Gasteiger partial charge in [0.25, 0.3) is 10.1 Å². The van der Waals surface area contributed by atoms with Crippen molar-refractivity contribution in [1.82, 2.24) is 0 Å². The fraction of sp³-hybridized carbons (Fsp3) is 0.529. The molecule has 1 aromatic carbocycles. The third-order valence-electron chi connectivity index (χ3n) is 5.34. The lowest BCUT2D eigenvalue weighted by Gasteiger charge is -2.47. The van der Waals surface area contributed by atoms with Crippen LogP contribution in [0.25, 0.3) is 0 Å². The Kier molecular flexibility index (Phi) is 6.82. The smallest absolute Gasteiger partial charge is 0.308 e. The molecule has 0 aliphatic rings. The molecule has 0 amide bonds. The van der Waals surface area contributed by atoms with Crippen molar-refractivity contribution in [3.63, 3.8) is 0 Å². The molecule has 5 N–H and O–H groups in total. The van der Waals surface area contributed by atoms with E-state index in [9.17, 15) is 28.2 Å². The first-order valence-electron chi connectivity index (χ1n) is 8.13. The molecule has 152 valence electrons. The van der Waals surface area contributed by atoms with Crippen molar-refractivity contribution in [2.45, 2.75) is 43.8 Å². The number of hydrogen-bond donors (Lipinski definition) is 4. The molecule has 0 fully saturated rings. The molecule has 0 aromatic heterocycles. The third kappa shape index (κ3) is 4.66. The van der Waals surface area contributed by atoms with E-state index >= 15 is 0 Å². The summed E-state index contributed by atoms with van der Waals surface area (Å²) in [6.45, 7) is 6.43. The molecule has 0 saturated carbocycles. The van der Waals surface area contributed by atoms with Gasteiger partial charge in [0.15, 0.2) is 0 Å². The van der Waals surface area contributed by atoms with Crippen molar-refractivity contribution in [3.05, 3.63) is 29.8 Å². The number of aliphatic carboxylic acids is 2. The molecule has 1 aromatic rings. The van der Waals surface area contributed by atoms with Crippen LogP contribution >= 0.6 is 9.24 Å². The number of hydrogen-bond acceptors (Lipinski definition) is 5. The van der Waals surface area contributed by atoms with Crippen LogP contribution in [0.2, 0.25) is 0 Å².